The molecule has 8 heteroatoms. The normalized spacial score (nSPS) is 10.8. The first kappa shape index (κ1) is 18.0. The quantitative estimate of drug-likeness (QED) is 0.462. The van der Waals surface area contributed by atoms with Gasteiger partial charge in [-0.3, -0.25) is 4.79 Å². The third-order valence-corrected chi connectivity index (χ3v) is 4.86. The Morgan fingerprint density at radius 1 is 0.929 bits per heavy atom. The number of thiazole rings is 1. The lowest BCUT2D eigenvalue weighted by Gasteiger charge is -2.08. The molecule has 0 spiro atoms. The number of benzene rings is 3. The second kappa shape index (κ2) is 7.32. The van der Waals surface area contributed by atoms with E-state index in [9.17, 15) is 18.0 Å². The van der Waals surface area contributed by atoms with Crippen LogP contribution in [-0.4, -0.2) is 10.9 Å². The monoisotopic (exact) mass is 399 g/mol. The molecule has 4 nitrogen and oxygen atoms in total. The van der Waals surface area contributed by atoms with Crippen LogP contribution in [0.3, 0.4) is 0 Å². The van der Waals surface area contributed by atoms with E-state index in [-0.39, 0.29) is 0 Å². The lowest BCUT2D eigenvalue weighted by Crippen LogP contribution is -2.16. The minimum Gasteiger partial charge on any atom is -0.332 e. The number of aromatic nitrogens is 1. The third-order valence-electron chi connectivity index (χ3n) is 3.93. The fourth-order valence-electron chi connectivity index (χ4n) is 2.69. The van der Waals surface area contributed by atoms with E-state index in [1.807, 2.05) is 36.4 Å². The lowest BCUT2D eigenvalue weighted by molar-refractivity contribution is 0.101. The molecule has 0 saturated carbocycles. The van der Waals surface area contributed by atoms with Gasteiger partial charge in [0.1, 0.15) is 28.5 Å². The number of rotatable bonds is 4. The minimum absolute atomic E-state index is 0.294. The van der Waals surface area contributed by atoms with Gasteiger partial charge in [-0.05, 0) is 24.3 Å². The smallest absolute Gasteiger partial charge is 0.261 e. The van der Waals surface area contributed by atoms with E-state index in [1.54, 1.807) is 12.1 Å². The van der Waals surface area contributed by atoms with Gasteiger partial charge < -0.3 is 10.6 Å². The Bertz CT molecular complexity index is 1160. The van der Waals surface area contributed by atoms with Crippen molar-refractivity contribution in [3.05, 3.63) is 83.7 Å². The molecule has 28 heavy (non-hydrogen) atoms. The second-order valence-corrected chi connectivity index (χ2v) is 6.89. The van der Waals surface area contributed by atoms with Gasteiger partial charge in [0.05, 0.1) is 10.4 Å². The summed E-state index contributed by atoms with van der Waals surface area (Å²) in [5.74, 6) is -4.66. The first-order valence-corrected chi connectivity index (χ1v) is 9.00. The van der Waals surface area contributed by atoms with Crippen LogP contribution in [0.1, 0.15) is 10.4 Å². The molecule has 140 valence electrons. The maximum atomic E-state index is 13.9. The maximum Gasteiger partial charge on any atom is 0.261 e. The topological polar surface area (TPSA) is 54.0 Å². The summed E-state index contributed by atoms with van der Waals surface area (Å²) in [5, 5.41) is 6.22. The first-order chi connectivity index (χ1) is 13.5. The van der Waals surface area contributed by atoms with Crippen molar-refractivity contribution in [3.8, 4) is 0 Å². The number of anilines is 3. The number of fused-ring (bicyclic) bond motifs is 1. The number of para-hydroxylation sites is 2. The number of nitrogens with one attached hydrogen (secondary N) is 2. The Kier molecular flexibility index (Phi) is 4.70. The Hall–Kier alpha value is -3.39. The third kappa shape index (κ3) is 3.54. The highest BCUT2D eigenvalue weighted by Crippen LogP contribution is 2.33. The van der Waals surface area contributed by atoms with Crippen LogP contribution in [0, 0.1) is 17.5 Å². The molecule has 1 heterocycles. The number of hydrogen-bond acceptors (Lipinski definition) is 4. The fraction of sp³-hybridized carbons (Fsp3) is 0. The zero-order valence-corrected chi connectivity index (χ0v) is 15.0. The van der Waals surface area contributed by atoms with Gasteiger partial charge in [-0.15, -0.1) is 0 Å². The molecule has 4 aromatic rings. The van der Waals surface area contributed by atoms with Crippen molar-refractivity contribution in [3.63, 3.8) is 0 Å². The number of hydrogen-bond donors (Lipinski definition) is 2. The van der Waals surface area contributed by atoms with Crippen LogP contribution in [-0.2, 0) is 0 Å². The number of carbonyl (C=O) groups is 1. The van der Waals surface area contributed by atoms with Crippen LogP contribution < -0.4 is 10.6 Å². The predicted molar refractivity (Wildman–Crippen MR) is 104 cm³/mol. The van der Waals surface area contributed by atoms with Gasteiger partial charge in [0.25, 0.3) is 5.91 Å². The molecule has 0 radical (unpaired) electrons. The van der Waals surface area contributed by atoms with E-state index in [4.69, 9.17) is 0 Å². The van der Waals surface area contributed by atoms with Gasteiger partial charge in [0, 0.05) is 17.8 Å². The van der Waals surface area contributed by atoms with Crippen molar-refractivity contribution in [2.24, 2.45) is 0 Å². The molecule has 0 aliphatic rings. The number of nitrogens with zero attached hydrogens (tertiary/aromatic N) is 1. The van der Waals surface area contributed by atoms with Gasteiger partial charge >= 0.3 is 0 Å². The first-order valence-electron chi connectivity index (χ1n) is 8.19. The van der Waals surface area contributed by atoms with Crippen molar-refractivity contribution >= 4 is 44.0 Å². The number of amides is 1. The van der Waals surface area contributed by atoms with Crippen molar-refractivity contribution in [1.29, 1.82) is 0 Å². The molecular formula is C20H12F3N3OS. The summed E-state index contributed by atoms with van der Waals surface area (Å²) in [6.45, 7) is 0. The summed E-state index contributed by atoms with van der Waals surface area (Å²) in [7, 11) is 0. The van der Waals surface area contributed by atoms with E-state index < -0.39 is 28.9 Å². The molecule has 3 aromatic carbocycles. The predicted octanol–water partition coefficient (Wildman–Crippen LogP) is 5.71. The Morgan fingerprint density at radius 2 is 1.64 bits per heavy atom. The van der Waals surface area contributed by atoms with Crippen LogP contribution in [0.15, 0.2) is 60.7 Å². The van der Waals surface area contributed by atoms with E-state index in [0.29, 0.717) is 28.5 Å². The van der Waals surface area contributed by atoms with Crippen LogP contribution >= 0.6 is 11.3 Å². The Labute approximate surface area is 161 Å². The van der Waals surface area contributed by atoms with Crippen LogP contribution in [0.5, 0.6) is 0 Å². The number of carbonyl (C=O) groups excluding carboxylic acids is 1. The molecule has 0 unspecified atom stereocenters. The summed E-state index contributed by atoms with van der Waals surface area (Å²) < 4.78 is 41.6. The summed E-state index contributed by atoms with van der Waals surface area (Å²) in [6.07, 6.45) is 0. The molecule has 0 atom stereocenters. The summed E-state index contributed by atoms with van der Waals surface area (Å²) >= 11 is 1.37. The highest BCUT2D eigenvalue weighted by molar-refractivity contribution is 7.22. The zero-order chi connectivity index (χ0) is 19.7. The van der Waals surface area contributed by atoms with Gasteiger partial charge in [-0.25, -0.2) is 18.2 Å². The van der Waals surface area contributed by atoms with E-state index >= 15 is 0 Å². The van der Waals surface area contributed by atoms with Crippen LogP contribution in [0.2, 0.25) is 0 Å². The fourth-order valence-corrected chi connectivity index (χ4v) is 3.60. The van der Waals surface area contributed by atoms with Gasteiger partial charge in [-0.1, -0.05) is 35.6 Å². The number of halogens is 3. The molecule has 1 amide bonds. The highest BCUT2D eigenvalue weighted by atomic mass is 32.1. The standard InChI is InChI=1S/C20H12F3N3OS/c21-11-9-13(22)17(14(23)10-11)19(27)25-15-7-4-8-16-18(15)26-20(28-16)24-12-5-2-1-3-6-12/h1-10H,(H,24,26)(H,25,27). The molecule has 2 N–H and O–H groups in total. The highest BCUT2D eigenvalue weighted by Gasteiger charge is 2.20. The largest absolute Gasteiger partial charge is 0.332 e. The van der Waals surface area contributed by atoms with E-state index in [0.717, 1.165) is 10.4 Å². The van der Waals surface area contributed by atoms with Gasteiger partial charge in [-0.2, -0.15) is 0 Å². The summed E-state index contributed by atoms with van der Waals surface area (Å²) in [4.78, 5) is 16.8. The molecule has 0 aliphatic carbocycles. The molecule has 0 saturated heterocycles. The van der Waals surface area contributed by atoms with E-state index in [1.165, 1.54) is 11.3 Å². The van der Waals surface area contributed by atoms with Crippen molar-refractivity contribution < 1.29 is 18.0 Å². The molecule has 4 rings (SSSR count). The van der Waals surface area contributed by atoms with Crippen LogP contribution in [0.4, 0.5) is 29.7 Å². The Balaban J connectivity index is 1.65. The summed E-state index contributed by atoms with van der Waals surface area (Å²) in [5.41, 5.74) is 0.768. The minimum atomic E-state index is -1.27. The van der Waals surface area contributed by atoms with Gasteiger partial charge in [0.2, 0.25) is 0 Å². The summed E-state index contributed by atoms with van der Waals surface area (Å²) in [6, 6.07) is 15.4. The second-order valence-electron chi connectivity index (χ2n) is 5.86. The lowest BCUT2D eigenvalue weighted by atomic mass is 10.1. The molecule has 1 aromatic heterocycles. The van der Waals surface area contributed by atoms with Gasteiger partial charge in [0.15, 0.2) is 5.13 Å². The van der Waals surface area contributed by atoms with E-state index in [2.05, 4.69) is 15.6 Å². The molecule has 0 bridgehead atoms. The molecular weight excluding hydrogens is 387 g/mol. The van der Waals surface area contributed by atoms with Crippen molar-refractivity contribution in [2.45, 2.75) is 0 Å². The van der Waals surface area contributed by atoms with Crippen molar-refractivity contribution in [1.82, 2.24) is 4.98 Å². The SMILES string of the molecule is O=C(Nc1cccc2sc(Nc3ccccc3)nc12)c1c(F)cc(F)cc1F. The maximum absolute atomic E-state index is 13.9. The zero-order valence-electron chi connectivity index (χ0n) is 14.2. The molecule has 0 aliphatic heterocycles. The van der Waals surface area contributed by atoms with Crippen LogP contribution in [0.25, 0.3) is 10.2 Å². The average molecular weight is 399 g/mol. The average Bonchev–Trinajstić information content (AvgIpc) is 3.05. The molecule has 0 fully saturated rings. The Morgan fingerprint density at radius 3 is 2.36 bits per heavy atom. The van der Waals surface area contributed by atoms with Crippen molar-refractivity contribution in [2.75, 3.05) is 10.6 Å².